The van der Waals surface area contributed by atoms with Gasteiger partial charge in [-0.25, -0.2) is 0 Å². The Bertz CT molecular complexity index is 167. The molecule has 1 saturated heterocycles. The molecule has 2 nitrogen and oxygen atoms in total. The number of hydrogen-bond acceptors (Lipinski definition) is 2. The monoisotopic (exact) mass is 186 g/mol. The van der Waals surface area contributed by atoms with E-state index in [2.05, 4.69) is 20.8 Å². The van der Waals surface area contributed by atoms with E-state index >= 15 is 0 Å². The molecule has 13 heavy (non-hydrogen) atoms. The summed E-state index contributed by atoms with van der Waals surface area (Å²) in [4.78, 5) is 0. The van der Waals surface area contributed by atoms with E-state index in [0.29, 0.717) is 11.5 Å². The smallest absolute Gasteiger partial charge is 0.163 e. The molecule has 1 heterocycles. The van der Waals surface area contributed by atoms with Crippen LogP contribution in [-0.2, 0) is 9.47 Å². The van der Waals surface area contributed by atoms with E-state index < -0.39 is 0 Å². The Labute approximate surface area is 81.6 Å². The molecule has 0 aliphatic carbocycles. The molecule has 0 N–H and O–H groups in total. The van der Waals surface area contributed by atoms with Crippen molar-refractivity contribution < 1.29 is 9.47 Å². The minimum atomic E-state index is -0.359. The second-order valence-corrected chi connectivity index (χ2v) is 5.55. The van der Waals surface area contributed by atoms with Gasteiger partial charge in [-0.1, -0.05) is 20.8 Å². The number of rotatable bonds is 2. The van der Waals surface area contributed by atoms with Gasteiger partial charge in [0.15, 0.2) is 5.79 Å². The van der Waals surface area contributed by atoms with Crippen LogP contribution in [0.1, 0.15) is 47.5 Å². The highest BCUT2D eigenvalue weighted by Crippen LogP contribution is 2.28. The van der Waals surface area contributed by atoms with Gasteiger partial charge in [-0.3, -0.25) is 0 Å². The lowest BCUT2D eigenvalue weighted by atomic mass is 9.89. The summed E-state index contributed by atoms with van der Waals surface area (Å²) < 4.78 is 11.2. The van der Waals surface area contributed by atoms with Crippen molar-refractivity contribution in [2.45, 2.75) is 59.4 Å². The summed E-state index contributed by atoms with van der Waals surface area (Å²) in [7, 11) is 0. The van der Waals surface area contributed by atoms with Gasteiger partial charge in [0.05, 0.1) is 12.7 Å². The molecule has 1 aliphatic rings. The van der Waals surface area contributed by atoms with Gasteiger partial charge in [-0.2, -0.15) is 0 Å². The second-order valence-electron chi connectivity index (χ2n) is 5.55. The van der Waals surface area contributed by atoms with Crippen molar-refractivity contribution in [2.24, 2.45) is 5.41 Å². The van der Waals surface area contributed by atoms with Crippen molar-refractivity contribution in [3.8, 4) is 0 Å². The zero-order valence-electron chi connectivity index (χ0n) is 9.52. The van der Waals surface area contributed by atoms with Crippen molar-refractivity contribution in [2.75, 3.05) is 6.61 Å². The SMILES string of the molecule is CC(C)(C)CCC1COC(C)(C)O1. The average molecular weight is 186 g/mol. The second kappa shape index (κ2) is 3.58. The fraction of sp³-hybridized carbons (Fsp3) is 1.00. The molecule has 0 aromatic carbocycles. The summed E-state index contributed by atoms with van der Waals surface area (Å²) in [6, 6.07) is 0. The quantitative estimate of drug-likeness (QED) is 0.660. The first-order valence-corrected chi connectivity index (χ1v) is 5.10. The molecular formula is C11H22O2. The largest absolute Gasteiger partial charge is 0.348 e. The molecule has 0 aromatic rings. The standard InChI is InChI=1S/C11H22O2/c1-10(2,3)7-6-9-8-12-11(4,5)13-9/h9H,6-8H2,1-5H3. The van der Waals surface area contributed by atoms with Crippen LogP contribution in [0.3, 0.4) is 0 Å². The van der Waals surface area contributed by atoms with Crippen molar-refractivity contribution in [3.05, 3.63) is 0 Å². The maximum absolute atomic E-state index is 5.72. The molecule has 0 spiro atoms. The zero-order chi connectivity index (χ0) is 10.1. The molecule has 1 aliphatic heterocycles. The van der Waals surface area contributed by atoms with E-state index in [4.69, 9.17) is 9.47 Å². The molecule has 0 radical (unpaired) electrons. The Morgan fingerprint density at radius 2 is 1.92 bits per heavy atom. The minimum Gasteiger partial charge on any atom is -0.348 e. The van der Waals surface area contributed by atoms with Crippen LogP contribution in [0.15, 0.2) is 0 Å². The molecule has 78 valence electrons. The van der Waals surface area contributed by atoms with Crippen molar-refractivity contribution in [3.63, 3.8) is 0 Å². The minimum absolute atomic E-state index is 0.300. The highest BCUT2D eigenvalue weighted by molar-refractivity contribution is 4.73. The maximum atomic E-state index is 5.72. The fourth-order valence-electron chi connectivity index (χ4n) is 1.50. The van der Waals surface area contributed by atoms with E-state index in [1.165, 1.54) is 6.42 Å². The Balaban J connectivity index is 2.25. The Morgan fingerprint density at radius 1 is 1.31 bits per heavy atom. The van der Waals surface area contributed by atoms with Gasteiger partial charge in [0.1, 0.15) is 0 Å². The first kappa shape index (κ1) is 11.0. The van der Waals surface area contributed by atoms with Crippen molar-refractivity contribution in [1.29, 1.82) is 0 Å². The summed E-state index contributed by atoms with van der Waals surface area (Å²) in [6.07, 6.45) is 2.60. The maximum Gasteiger partial charge on any atom is 0.163 e. The molecule has 2 heteroatoms. The first-order valence-electron chi connectivity index (χ1n) is 5.10. The lowest BCUT2D eigenvalue weighted by molar-refractivity contribution is -0.139. The first-order chi connectivity index (χ1) is 5.79. The molecule has 0 amide bonds. The third kappa shape index (κ3) is 4.10. The van der Waals surface area contributed by atoms with Crippen LogP contribution in [0.25, 0.3) is 0 Å². The van der Waals surface area contributed by atoms with E-state index in [-0.39, 0.29) is 5.79 Å². The summed E-state index contributed by atoms with van der Waals surface area (Å²) >= 11 is 0. The number of hydrogen-bond donors (Lipinski definition) is 0. The molecule has 0 saturated carbocycles. The third-order valence-electron chi connectivity index (χ3n) is 2.28. The van der Waals surface area contributed by atoms with Gasteiger partial charge in [-0.05, 0) is 32.1 Å². The fourth-order valence-corrected chi connectivity index (χ4v) is 1.50. The van der Waals surface area contributed by atoms with Crippen LogP contribution in [-0.4, -0.2) is 18.5 Å². The Morgan fingerprint density at radius 3 is 2.31 bits per heavy atom. The zero-order valence-corrected chi connectivity index (χ0v) is 9.52. The topological polar surface area (TPSA) is 18.5 Å². The highest BCUT2D eigenvalue weighted by atomic mass is 16.7. The molecule has 1 fully saturated rings. The summed E-state index contributed by atoms with van der Waals surface area (Å²) in [6.45, 7) is 11.5. The molecule has 1 rings (SSSR count). The van der Waals surface area contributed by atoms with Crippen molar-refractivity contribution >= 4 is 0 Å². The van der Waals surface area contributed by atoms with E-state index in [1.807, 2.05) is 13.8 Å². The van der Waals surface area contributed by atoms with Crippen LogP contribution in [0.4, 0.5) is 0 Å². The molecule has 1 atom stereocenters. The summed E-state index contributed by atoms with van der Waals surface area (Å²) in [5.41, 5.74) is 0.399. The average Bonchev–Trinajstić information content (AvgIpc) is 2.24. The number of ether oxygens (including phenoxy) is 2. The summed E-state index contributed by atoms with van der Waals surface area (Å²) in [5, 5.41) is 0. The normalized spacial score (nSPS) is 27.9. The van der Waals surface area contributed by atoms with Gasteiger partial charge in [0.2, 0.25) is 0 Å². The van der Waals surface area contributed by atoms with Gasteiger partial charge in [0, 0.05) is 0 Å². The lowest BCUT2D eigenvalue weighted by Gasteiger charge is -2.21. The van der Waals surface area contributed by atoms with Gasteiger partial charge < -0.3 is 9.47 Å². The Hall–Kier alpha value is -0.0800. The van der Waals surface area contributed by atoms with Crippen LogP contribution < -0.4 is 0 Å². The predicted octanol–water partition coefficient (Wildman–Crippen LogP) is 2.96. The Kier molecular flexibility index (Phi) is 3.03. The lowest BCUT2D eigenvalue weighted by Crippen LogP contribution is -2.22. The van der Waals surface area contributed by atoms with Crippen LogP contribution in [0, 0.1) is 5.41 Å². The van der Waals surface area contributed by atoms with Crippen LogP contribution in [0.2, 0.25) is 0 Å². The summed E-state index contributed by atoms with van der Waals surface area (Å²) in [5.74, 6) is -0.359. The molecular weight excluding hydrogens is 164 g/mol. The van der Waals surface area contributed by atoms with Crippen LogP contribution >= 0.6 is 0 Å². The molecule has 0 aromatic heterocycles. The van der Waals surface area contributed by atoms with Crippen molar-refractivity contribution in [1.82, 2.24) is 0 Å². The van der Waals surface area contributed by atoms with Gasteiger partial charge in [-0.15, -0.1) is 0 Å². The van der Waals surface area contributed by atoms with E-state index in [9.17, 15) is 0 Å². The van der Waals surface area contributed by atoms with Crippen LogP contribution in [0.5, 0.6) is 0 Å². The third-order valence-corrected chi connectivity index (χ3v) is 2.28. The van der Waals surface area contributed by atoms with Gasteiger partial charge >= 0.3 is 0 Å². The highest BCUT2D eigenvalue weighted by Gasteiger charge is 2.32. The molecule has 1 unspecified atom stereocenters. The van der Waals surface area contributed by atoms with E-state index in [1.54, 1.807) is 0 Å². The van der Waals surface area contributed by atoms with E-state index in [0.717, 1.165) is 13.0 Å². The van der Waals surface area contributed by atoms with Gasteiger partial charge in [0.25, 0.3) is 0 Å². The molecule has 0 bridgehead atoms. The predicted molar refractivity (Wildman–Crippen MR) is 53.6 cm³/mol.